The van der Waals surface area contributed by atoms with Crippen LogP contribution in [0.3, 0.4) is 0 Å². The fraction of sp³-hybridized carbons (Fsp3) is 1.00. The summed E-state index contributed by atoms with van der Waals surface area (Å²) < 4.78 is 41.0. The maximum Gasteiger partial charge on any atom is 0.414 e. The maximum absolute atomic E-state index is 12.1. The highest BCUT2D eigenvalue weighted by atomic mass is 19.4. The average Bonchev–Trinajstić information content (AvgIpc) is 1.98. The summed E-state index contributed by atoms with van der Waals surface area (Å²) >= 11 is 0. The van der Waals surface area contributed by atoms with Gasteiger partial charge in [-0.25, -0.2) is 0 Å². The molecule has 5 heteroatoms. The Balaban J connectivity index is 3.93. The van der Waals surface area contributed by atoms with Gasteiger partial charge in [0.25, 0.3) is 0 Å². The second-order valence-corrected chi connectivity index (χ2v) is 4.19. The molecular weight excluding hydrogens is 195 g/mol. The molecule has 14 heavy (non-hydrogen) atoms. The van der Waals surface area contributed by atoms with Crippen molar-refractivity contribution in [1.82, 2.24) is 5.32 Å². The fourth-order valence-corrected chi connectivity index (χ4v) is 0.975. The van der Waals surface area contributed by atoms with Gasteiger partial charge in [0.15, 0.2) is 6.10 Å². The van der Waals surface area contributed by atoms with Gasteiger partial charge in [0, 0.05) is 12.0 Å². The fourth-order valence-electron chi connectivity index (χ4n) is 0.975. The highest BCUT2D eigenvalue weighted by Gasteiger charge is 2.37. The van der Waals surface area contributed by atoms with E-state index < -0.39 is 12.3 Å². The van der Waals surface area contributed by atoms with E-state index in [4.69, 9.17) is 4.74 Å². The molecule has 1 unspecified atom stereocenters. The van der Waals surface area contributed by atoms with Crippen LogP contribution >= 0.6 is 0 Å². The molecule has 0 amide bonds. The van der Waals surface area contributed by atoms with Crippen LogP contribution in [-0.4, -0.2) is 32.5 Å². The molecule has 1 N–H and O–H groups in total. The lowest BCUT2D eigenvalue weighted by Crippen LogP contribution is -2.36. The third-order valence-corrected chi connectivity index (χ3v) is 1.84. The molecule has 0 spiro atoms. The number of ether oxygens (including phenoxy) is 1. The zero-order valence-corrected chi connectivity index (χ0v) is 9.03. The molecule has 2 nitrogen and oxygen atoms in total. The van der Waals surface area contributed by atoms with Gasteiger partial charge in [-0.1, -0.05) is 13.8 Å². The van der Waals surface area contributed by atoms with Gasteiger partial charge in [0.2, 0.25) is 0 Å². The summed E-state index contributed by atoms with van der Waals surface area (Å²) in [5, 5.41) is 2.91. The van der Waals surface area contributed by atoms with Crippen LogP contribution in [0.1, 0.15) is 20.8 Å². The molecule has 0 saturated carbocycles. The lowest BCUT2D eigenvalue weighted by atomic mass is 9.95. The van der Waals surface area contributed by atoms with Gasteiger partial charge in [0.05, 0.1) is 6.61 Å². The van der Waals surface area contributed by atoms with Gasteiger partial charge in [-0.3, -0.25) is 0 Å². The van der Waals surface area contributed by atoms with E-state index in [9.17, 15) is 13.2 Å². The zero-order valence-electron chi connectivity index (χ0n) is 9.03. The highest BCUT2D eigenvalue weighted by Crippen LogP contribution is 2.24. The first-order valence-electron chi connectivity index (χ1n) is 4.52. The number of rotatable bonds is 5. The second kappa shape index (κ2) is 4.98. The Bertz CT molecular complexity index is 168. The molecule has 0 rings (SSSR count). The minimum Gasteiger partial charge on any atom is -0.368 e. The third-order valence-electron chi connectivity index (χ3n) is 1.84. The largest absolute Gasteiger partial charge is 0.414 e. The van der Waals surface area contributed by atoms with E-state index in [1.807, 2.05) is 13.8 Å². The summed E-state index contributed by atoms with van der Waals surface area (Å²) in [4.78, 5) is 0. The Morgan fingerprint density at radius 2 is 1.79 bits per heavy atom. The smallest absolute Gasteiger partial charge is 0.368 e. The van der Waals surface area contributed by atoms with E-state index >= 15 is 0 Å². The Morgan fingerprint density at radius 1 is 1.29 bits per heavy atom. The SMILES string of the molecule is CNCC(C)(C)COC(C)C(F)(F)F. The number of hydrogen-bond acceptors (Lipinski definition) is 2. The van der Waals surface area contributed by atoms with Crippen LogP contribution in [0.25, 0.3) is 0 Å². The van der Waals surface area contributed by atoms with Crippen molar-refractivity contribution in [3.8, 4) is 0 Å². The molecule has 0 aliphatic heterocycles. The Labute approximate surface area is 82.8 Å². The Morgan fingerprint density at radius 3 is 2.14 bits per heavy atom. The van der Waals surface area contributed by atoms with Crippen molar-refractivity contribution in [2.45, 2.75) is 33.1 Å². The minimum absolute atomic E-state index is 0.0918. The van der Waals surface area contributed by atoms with Crippen LogP contribution in [0.2, 0.25) is 0 Å². The van der Waals surface area contributed by atoms with E-state index in [0.29, 0.717) is 6.54 Å². The van der Waals surface area contributed by atoms with Crippen molar-refractivity contribution in [3.05, 3.63) is 0 Å². The van der Waals surface area contributed by atoms with Gasteiger partial charge < -0.3 is 10.1 Å². The van der Waals surface area contributed by atoms with E-state index in [1.54, 1.807) is 7.05 Å². The van der Waals surface area contributed by atoms with Crippen molar-refractivity contribution in [2.24, 2.45) is 5.41 Å². The quantitative estimate of drug-likeness (QED) is 0.756. The van der Waals surface area contributed by atoms with Crippen LogP contribution < -0.4 is 5.32 Å². The topological polar surface area (TPSA) is 21.3 Å². The first-order chi connectivity index (χ1) is 6.19. The molecule has 0 aromatic rings. The number of alkyl halides is 3. The van der Waals surface area contributed by atoms with Crippen LogP contribution in [0.15, 0.2) is 0 Å². The molecule has 0 aliphatic rings. The molecular formula is C9H18F3NO. The first-order valence-corrected chi connectivity index (χ1v) is 4.52. The molecule has 0 aromatic carbocycles. The van der Waals surface area contributed by atoms with Crippen LogP contribution in [0, 0.1) is 5.41 Å². The second-order valence-electron chi connectivity index (χ2n) is 4.19. The van der Waals surface area contributed by atoms with Gasteiger partial charge in [-0.05, 0) is 14.0 Å². The van der Waals surface area contributed by atoms with Crippen molar-refractivity contribution >= 4 is 0 Å². The Kier molecular flexibility index (Phi) is 4.88. The number of hydrogen-bond donors (Lipinski definition) is 1. The monoisotopic (exact) mass is 213 g/mol. The van der Waals surface area contributed by atoms with Crippen molar-refractivity contribution in [2.75, 3.05) is 20.2 Å². The van der Waals surface area contributed by atoms with Crippen molar-refractivity contribution < 1.29 is 17.9 Å². The van der Waals surface area contributed by atoms with E-state index in [0.717, 1.165) is 6.92 Å². The summed E-state index contributed by atoms with van der Waals surface area (Å²) in [6.07, 6.45) is -5.96. The summed E-state index contributed by atoms with van der Waals surface area (Å²) in [7, 11) is 1.76. The maximum atomic E-state index is 12.1. The number of nitrogens with one attached hydrogen (secondary N) is 1. The molecule has 0 heterocycles. The minimum atomic E-state index is -4.27. The molecule has 1 atom stereocenters. The lowest BCUT2D eigenvalue weighted by Gasteiger charge is -2.26. The van der Waals surface area contributed by atoms with Crippen LogP contribution in [0.5, 0.6) is 0 Å². The van der Waals surface area contributed by atoms with Gasteiger partial charge in [-0.2, -0.15) is 13.2 Å². The van der Waals surface area contributed by atoms with Crippen LogP contribution in [0.4, 0.5) is 13.2 Å². The molecule has 0 bridgehead atoms. The van der Waals surface area contributed by atoms with Crippen LogP contribution in [-0.2, 0) is 4.74 Å². The van der Waals surface area contributed by atoms with Gasteiger partial charge >= 0.3 is 6.18 Å². The van der Waals surface area contributed by atoms with Gasteiger partial charge in [0.1, 0.15) is 0 Å². The predicted octanol–water partition coefficient (Wildman–Crippen LogP) is 2.20. The standard InChI is InChI=1S/C9H18F3NO/c1-7(9(10,11)12)14-6-8(2,3)5-13-4/h7,13H,5-6H2,1-4H3. The third kappa shape index (κ3) is 5.44. The van der Waals surface area contributed by atoms with Crippen molar-refractivity contribution in [1.29, 1.82) is 0 Å². The summed E-state index contributed by atoms with van der Waals surface area (Å²) in [6, 6.07) is 0. The lowest BCUT2D eigenvalue weighted by molar-refractivity contribution is -0.219. The first kappa shape index (κ1) is 13.7. The molecule has 0 aliphatic carbocycles. The normalized spacial score (nSPS) is 15.6. The van der Waals surface area contributed by atoms with E-state index in [1.165, 1.54) is 0 Å². The average molecular weight is 213 g/mol. The highest BCUT2D eigenvalue weighted by molar-refractivity contribution is 4.71. The molecule has 0 aromatic heterocycles. The van der Waals surface area contributed by atoms with Gasteiger partial charge in [-0.15, -0.1) is 0 Å². The molecule has 0 fully saturated rings. The molecule has 0 saturated heterocycles. The summed E-state index contributed by atoms with van der Waals surface area (Å²) in [5.74, 6) is 0. The predicted molar refractivity (Wildman–Crippen MR) is 49.2 cm³/mol. The van der Waals surface area contributed by atoms with E-state index in [2.05, 4.69) is 5.32 Å². The van der Waals surface area contributed by atoms with Crippen molar-refractivity contribution in [3.63, 3.8) is 0 Å². The molecule has 86 valence electrons. The number of halogens is 3. The molecule has 0 radical (unpaired) electrons. The van der Waals surface area contributed by atoms with E-state index in [-0.39, 0.29) is 12.0 Å². The Hall–Kier alpha value is -0.290. The summed E-state index contributed by atoms with van der Waals surface area (Å²) in [6.45, 7) is 5.45. The zero-order chi connectivity index (χ0) is 11.4. The summed E-state index contributed by atoms with van der Waals surface area (Å²) in [5.41, 5.74) is -0.283.